The van der Waals surface area contributed by atoms with E-state index < -0.39 is 24.3 Å². The standard InChI is InChI=1S/C29H30O6/c1-31-29(30)25-20-33-26(21-32-17-22-11-5-2-6-12-22)28(35-19-24-15-9-4-10-16-24)27(25)34-18-23-13-7-3-8-14-23/h2-16,20,26-28H,17-19,21H2,1H3/t26?,27-,28+/m1/s1. The number of esters is 1. The van der Waals surface area contributed by atoms with Gasteiger partial charge in [0.25, 0.3) is 0 Å². The van der Waals surface area contributed by atoms with Crippen LogP contribution in [-0.2, 0) is 48.3 Å². The van der Waals surface area contributed by atoms with Crippen molar-refractivity contribution in [2.24, 2.45) is 0 Å². The summed E-state index contributed by atoms with van der Waals surface area (Å²) in [6.45, 7) is 1.35. The number of carbonyl (C=O) groups is 1. The van der Waals surface area contributed by atoms with E-state index in [1.807, 2.05) is 91.0 Å². The zero-order chi connectivity index (χ0) is 24.3. The maximum Gasteiger partial charge on any atom is 0.339 e. The fourth-order valence-electron chi connectivity index (χ4n) is 3.87. The van der Waals surface area contributed by atoms with Crippen molar-refractivity contribution in [1.82, 2.24) is 0 Å². The average molecular weight is 475 g/mol. The summed E-state index contributed by atoms with van der Waals surface area (Å²) < 4.78 is 29.5. The van der Waals surface area contributed by atoms with Gasteiger partial charge in [0.1, 0.15) is 23.9 Å². The molecule has 0 aromatic heterocycles. The van der Waals surface area contributed by atoms with Crippen molar-refractivity contribution >= 4 is 5.97 Å². The first-order valence-electron chi connectivity index (χ1n) is 11.6. The van der Waals surface area contributed by atoms with Gasteiger partial charge < -0.3 is 23.7 Å². The van der Waals surface area contributed by atoms with Crippen LogP contribution in [0.5, 0.6) is 0 Å². The third kappa shape index (κ3) is 7.02. The normalized spacial score (nSPS) is 19.5. The predicted octanol–water partition coefficient (Wildman–Crippen LogP) is 4.83. The molecule has 6 heteroatoms. The van der Waals surface area contributed by atoms with E-state index in [1.165, 1.54) is 13.4 Å². The Hall–Kier alpha value is -3.45. The zero-order valence-corrected chi connectivity index (χ0v) is 19.7. The van der Waals surface area contributed by atoms with Crippen LogP contribution in [0, 0.1) is 0 Å². The minimum atomic E-state index is -0.689. The van der Waals surface area contributed by atoms with Gasteiger partial charge >= 0.3 is 5.97 Å². The summed E-state index contributed by atoms with van der Waals surface area (Å²) in [5.41, 5.74) is 3.34. The Labute approximate surface area is 206 Å². The highest BCUT2D eigenvalue weighted by Crippen LogP contribution is 2.28. The molecule has 4 rings (SSSR count). The topological polar surface area (TPSA) is 63.2 Å². The highest BCUT2D eigenvalue weighted by Gasteiger charge is 2.42. The molecule has 1 aliphatic heterocycles. The second-order valence-corrected chi connectivity index (χ2v) is 8.22. The second kappa shape index (κ2) is 12.9. The molecular weight excluding hydrogens is 444 g/mol. The van der Waals surface area contributed by atoms with E-state index in [-0.39, 0.29) is 12.2 Å². The van der Waals surface area contributed by atoms with E-state index >= 15 is 0 Å². The number of carbonyl (C=O) groups excluding carboxylic acids is 1. The molecule has 3 aromatic carbocycles. The lowest BCUT2D eigenvalue weighted by Crippen LogP contribution is -2.49. The molecule has 0 aliphatic carbocycles. The lowest BCUT2D eigenvalue weighted by atomic mass is 9.98. The molecule has 0 saturated carbocycles. The molecule has 1 heterocycles. The van der Waals surface area contributed by atoms with Crippen molar-refractivity contribution < 1.29 is 28.5 Å². The predicted molar refractivity (Wildman–Crippen MR) is 131 cm³/mol. The molecule has 0 radical (unpaired) electrons. The molecule has 0 spiro atoms. The van der Waals surface area contributed by atoms with Gasteiger partial charge in [0.15, 0.2) is 0 Å². The molecule has 1 aliphatic rings. The van der Waals surface area contributed by atoms with Crippen LogP contribution >= 0.6 is 0 Å². The molecule has 0 fully saturated rings. The minimum Gasteiger partial charge on any atom is -0.492 e. The van der Waals surface area contributed by atoms with E-state index in [2.05, 4.69) is 0 Å². The monoisotopic (exact) mass is 474 g/mol. The highest BCUT2D eigenvalue weighted by molar-refractivity contribution is 5.89. The maximum absolute atomic E-state index is 12.6. The summed E-state index contributed by atoms with van der Waals surface area (Å²) >= 11 is 0. The molecule has 1 unspecified atom stereocenters. The van der Waals surface area contributed by atoms with Crippen LogP contribution in [0.2, 0.25) is 0 Å². The van der Waals surface area contributed by atoms with Crippen molar-refractivity contribution in [3.8, 4) is 0 Å². The molecule has 3 atom stereocenters. The molecule has 0 saturated heterocycles. The Kier molecular flexibility index (Phi) is 9.06. The van der Waals surface area contributed by atoms with Gasteiger partial charge in [-0.2, -0.15) is 0 Å². The molecule has 6 nitrogen and oxygen atoms in total. The van der Waals surface area contributed by atoms with Gasteiger partial charge in [-0.3, -0.25) is 0 Å². The van der Waals surface area contributed by atoms with E-state index in [1.54, 1.807) is 0 Å². The quantitative estimate of drug-likeness (QED) is 0.371. The summed E-state index contributed by atoms with van der Waals surface area (Å²) in [7, 11) is 1.34. The molecule has 0 N–H and O–H groups in total. The summed E-state index contributed by atoms with van der Waals surface area (Å²) in [6, 6.07) is 29.6. The summed E-state index contributed by atoms with van der Waals surface area (Å²) in [4.78, 5) is 12.6. The highest BCUT2D eigenvalue weighted by atomic mass is 16.6. The number of methoxy groups -OCH3 is 1. The third-order valence-corrected chi connectivity index (χ3v) is 5.71. The van der Waals surface area contributed by atoms with E-state index in [4.69, 9.17) is 23.7 Å². The van der Waals surface area contributed by atoms with Gasteiger partial charge in [-0.25, -0.2) is 4.79 Å². The number of benzene rings is 3. The molecule has 182 valence electrons. The van der Waals surface area contributed by atoms with Crippen LogP contribution < -0.4 is 0 Å². The molecule has 0 bridgehead atoms. The fraction of sp³-hybridized carbons (Fsp3) is 0.276. The lowest BCUT2D eigenvalue weighted by molar-refractivity contribution is -0.162. The van der Waals surface area contributed by atoms with Gasteiger partial charge in [-0.1, -0.05) is 91.0 Å². The number of hydrogen-bond donors (Lipinski definition) is 0. The van der Waals surface area contributed by atoms with Crippen LogP contribution in [0.25, 0.3) is 0 Å². The lowest BCUT2D eigenvalue weighted by Gasteiger charge is -2.37. The van der Waals surface area contributed by atoms with Crippen LogP contribution in [0.1, 0.15) is 16.7 Å². The Morgan fingerprint density at radius 1 is 0.743 bits per heavy atom. The van der Waals surface area contributed by atoms with Crippen molar-refractivity contribution in [2.75, 3.05) is 13.7 Å². The second-order valence-electron chi connectivity index (χ2n) is 8.22. The third-order valence-electron chi connectivity index (χ3n) is 5.71. The van der Waals surface area contributed by atoms with Crippen LogP contribution in [0.4, 0.5) is 0 Å². The van der Waals surface area contributed by atoms with Gasteiger partial charge in [0.05, 0.1) is 39.8 Å². The number of rotatable bonds is 11. The average Bonchev–Trinajstić information content (AvgIpc) is 2.92. The molecule has 3 aromatic rings. The van der Waals surface area contributed by atoms with E-state index in [0.717, 1.165) is 16.7 Å². The van der Waals surface area contributed by atoms with Crippen molar-refractivity contribution in [3.05, 3.63) is 120 Å². The van der Waals surface area contributed by atoms with E-state index in [0.29, 0.717) is 19.8 Å². The first-order valence-corrected chi connectivity index (χ1v) is 11.6. The fourth-order valence-corrected chi connectivity index (χ4v) is 3.87. The van der Waals surface area contributed by atoms with Gasteiger partial charge in [0.2, 0.25) is 0 Å². The van der Waals surface area contributed by atoms with Crippen LogP contribution in [-0.4, -0.2) is 38.0 Å². The molecule has 35 heavy (non-hydrogen) atoms. The van der Waals surface area contributed by atoms with Crippen molar-refractivity contribution in [2.45, 2.75) is 38.1 Å². The Bertz CT molecular complexity index is 1070. The summed E-state index contributed by atoms with van der Waals surface area (Å²) in [5, 5.41) is 0. The first-order chi connectivity index (χ1) is 17.2. The van der Waals surface area contributed by atoms with Crippen molar-refractivity contribution in [1.29, 1.82) is 0 Å². The van der Waals surface area contributed by atoms with Gasteiger partial charge in [-0.05, 0) is 16.7 Å². The smallest absolute Gasteiger partial charge is 0.339 e. The zero-order valence-electron chi connectivity index (χ0n) is 19.7. The first kappa shape index (κ1) is 24.7. The SMILES string of the molecule is COC(=O)C1=COC(COCc2ccccc2)[C@H](OCc2ccccc2)[C@@H]1OCc1ccccc1. The Balaban J connectivity index is 1.52. The molecule has 0 amide bonds. The minimum absolute atomic E-state index is 0.268. The summed E-state index contributed by atoms with van der Waals surface area (Å²) in [5.74, 6) is -0.514. The van der Waals surface area contributed by atoms with E-state index in [9.17, 15) is 4.79 Å². The van der Waals surface area contributed by atoms with Crippen LogP contribution in [0.15, 0.2) is 103 Å². The van der Waals surface area contributed by atoms with Crippen molar-refractivity contribution in [3.63, 3.8) is 0 Å². The molecular formula is C29H30O6. The van der Waals surface area contributed by atoms with Gasteiger partial charge in [-0.15, -0.1) is 0 Å². The Morgan fingerprint density at radius 3 is 1.80 bits per heavy atom. The van der Waals surface area contributed by atoms with Crippen LogP contribution in [0.3, 0.4) is 0 Å². The van der Waals surface area contributed by atoms with Gasteiger partial charge in [0, 0.05) is 0 Å². The largest absolute Gasteiger partial charge is 0.492 e. The Morgan fingerprint density at radius 2 is 1.26 bits per heavy atom. The number of hydrogen-bond acceptors (Lipinski definition) is 6. The maximum atomic E-state index is 12.6. The summed E-state index contributed by atoms with van der Waals surface area (Å²) in [6.07, 6.45) is -0.337. The number of ether oxygens (including phenoxy) is 5.